The Morgan fingerprint density at radius 1 is 1.62 bits per heavy atom. The van der Waals surface area contributed by atoms with Crippen molar-refractivity contribution >= 4 is 9.84 Å². The summed E-state index contributed by atoms with van der Waals surface area (Å²) in [5.74, 6) is 0.0323. The molecule has 4 heteroatoms. The van der Waals surface area contributed by atoms with Crippen LogP contribution in [0.5, 0.6) is 0 Å². The average Bonchev–Trinajstić information content (AvgIpc) is 2.03. The lowest BCUT2D eigenvalue weighted by Gasteiger charge is -2.26. The zero-order chi connectivity index (χ0) is 10.1. The molecular formula is C9H15FO2S. The maximum Gasteiger partial charge on any atom is 0.155 e. The van der Waals surface area contributed by atoms with Crippen LogP contribution in [-0.4, -0.2) is 25.6 Å². The molecule has 1 fully saturated rings. The van der Waals surface area contributed by atoms with Crippen LogP contribution in [0.15, 0.2) is 12.2 Å². The second-order valence-corrected chi connectivity index (χ2v) is 6.01. The Labute approximate surface area is 78.8 Å². The third kappa shape index (κ3) is 2.30. The van der Waals surface area contributed by atoms with Gasteiger partial charge in [-0.05, 0) is 12.8 Å². The van der Waals surface area contributed by atoms with Crippen LogP contribution in [0, 0.1) is 0 Å². The maximum absolute atomic E-state index is 13.3. The molecule has 0 amide bonds. The molecule has 76 valence electrons. The summed E-state index contributed by atoms with van der Waals surface area (Å²) in [4.78, 5) is 0. The van der Waals surface area contributed by atoms with Gasteiger partial charge in [-0.1, -0.05) is 19.1 Å². The molecule has 0 aromatic carbocycles. The average molecular weight is 206 g/mol. The fourth-order valence-electron chi connectivity index (χ4n) is 1.66. The van der Waals surface area contributed by atoms with Gasteiger partial charge in [0.25, 0.3) is 0 Å². The predicted octanol–water partition coefficient (Wildman–Crippen LogP) is 1.87. The van der Waals surface area contributed by atoms with Crippen molar-refractivity contribution in [3.05, 3.63) is 12.2 Å². The second-order valence-electron chi connectivity index (χ2n) is 3.50. The van der Waals surface area contributed by atoms with Crippen LogP contribution in [0.2, 0.25) is 0 Å². The molecule has 0 aromatic rings. The van der Waals surface area contributed by atoms with E-state index in [2.05, 4.69) is 6.58 Å². The van der Waals surface area contributed by atoms with E-state index in [1.807, 2.05) is 0 Å². The highest BCUT2D eigenvalue weighted by Gasteiger charge is 2.35. The molecule has 1 aliphatic rings. The normalized spacial score (nSPS) is 30.5. The quantitative estimate of drug-likeness (QED) is 0.646. The highest BCUT2D eigenvalue weighted by Crippen LogP contribution is 2.29. The minimum absolute atomic E-state index is 0.0323. The van der Waals surface area contributed by atoms with E-state index in [0.717, 1.165) is 5.57 Å². The summed E-state index contributed by atoms with van der Waals surface area (Å²) in [5.41, 5.74) is 0.829. The number of halogens is 1. The van der Waals surface area contributed by atoms with Crippen molar-refractivity contribution in [3.8, 4) is 0 Å². The topological polar surface area (TPSA) is 34.1 Å². The summed E-state index contributed by atoms with van der Waals surface area (Å²) in [7, 11) is -3.21. The molecule has 0 aliphatic heterocycles. The number of alkyl halides is 1. The van der Waals surface area contributed by atoms with Crippen molar-refractivity contribution in [1.29, 1.82) is 0 Å². The van der Waals surface area contributed by atoms with Crippen molar-refractivity contribution in [2.45, 2.75) is 37.6 Å². The summed E-state index contributed by atoms with van der Waals surface area (Å²) < 4.78 is 36.1. The Hall–Kier alpha value is -0.380. The summed E-state index contributed by atoms with van der Waals surface area (Å²) in [6.07, 6.45) is 0.0101. The molecule has 0 saturated heterocycles. The van der Waals surface area contributed by atoms with Crippen LogP contribution in [0.4, 0.5) is 4.39 Å². The fraction of sp³-hybridized carbons (Fsp3) is 0.778. The third-order valence-electron chi connectivity index (χ3n) is 2.53. The van der Waals surface area contributed by atoms with Gasteiger partial charge in [0, 0.05) is 12.2 Å². The lowest BCUT2D eigenvalue weighted by Crippen LogP contribution is -2.35. The molecule has 0 bridgehead atoms. The largest absolute Gasteiger partial charge is 0.246 e. The van der Waals surface area contributed by atoms with E-state index in [4.69, 9.17) is 0 Å². The molecule has 0 heterocycles. The third-order valence-corrected chi connectivity index (χ3v) is 4.79. The van der Waals surface area contributed by atoms with Gasteiger partial charge in [-0.25, -0.2) is 12.8 Å². The molecule has 0 spiro atoms. The molecule has 0 aromatic heterocycles. The van der Waals surface area contributed by atoms with E-state index < -0.39 is 21.3 Å². The van der Waals surface area contributed by atoms with Gasteiger partial charge in [0.1, 0.15) is 6.17 Å². The smallest absolute Gasteiger partial charge is 0.155 e. The van der Waals surface area contributed by atoms with Crippen LogP contribution in [0.25, 0.3) is 0 Å². The maximum atomic E-state index is 13.3. The SMILES string of the molecule is C=C1CCC(S(=O)(=O)CC)C(F)C1. The lowest BCUT2D eigenvalue weighted by molar-refractivity contribution is 0.285. The summed E-state index contributed by atoms with van der Waals surface area (Å²) in [5, 5.41) is -0.789. The molecule has 1 aliphatic carbocycles. The van der Waals surface area contributed by atoms with E-state index in [-0.39, 0.29) is 12.2 Å². The minimum atomic E-state index is -3.21. The van der Waals surface area contributed by atoms with Crippen molar-refractivity contribution < 1.29 is 12.8 Å². The van der Waals surface area contributed by atoms with Gasteiger partial charge in [0.2, 0.25) is 0 Å². The Kier molecular flexibility index (Phi) is 3.11. The van der Waals surface area contributed by atoms with E-state index in [1.165, 1.54) is 0 Å². The summed E-state index contributed by atoms with van der Waals surface area (Å²) in [6, 6.07) is 0. The monoisotopic (exact) mass is 206 g/mol. The first-order chi connectivity index (χ1) is 5.97. The van der Waals surface area contributed by atoms with Gasteiger partial charge < -0.3 is 0 Å². The minimum Gasteiger partial charge on any atom is -0.246 e. The molecule has 2 unspecified atom stereocenters. The van der Waals surface area contributed by atoms with Gasteiger partial charge in [-0.15, -0.1) is 0 Å². The summed E-state index contributed by atoms with van der Waals surface area (Å²) in [6.45, 7) is 5.23. The van der Waals surface area contributed by atoms with E-state index in [1.54, 1.807) is 6.92 Å². The molecule has 2 atom stereocenters. The zero-order valence-corrected chi connectivity index (χ0v) is 8.61. The van der Waals surface area contributed by atoms with Crippen LogP contribution in [0.1, 0.15) is 26.2 Å². The number of rotatable bonds is 2. The number of hydrogen-bond acceptors (Lipinski definition) is 2. The second kappa shape index (κ2) is 3.78. The van der Waals surface area contributed by atoms with Gasteiger partial charge in [0.15, 0.2) is 9.84 Å². The van der Waals surface area contributed by atoms with Crippen molar-refractivity contribution in [3.63, 3.8) is 0 Å². The van der Waals surface area contributed by atoms with Crippen LogP contribution < -0.4 is 0 Å². The van der Waals surface area contributed by atoms with Crippen molar-refractivity contribution in [1.82, 2.24) is 0 Å². The molecule has 1 saturated carbocycles. The van der Waals surface area contributed by atoms with Crippen molar-refractivity contribution in [2.24, 2.45) is 0 Å². The molecule has 0 radical (unpaired) electrons. The van der Waals surface area contributed by atoms with E-state index >= 15 is 0 Å². The first kappa shape index (κ1) is 10.7. The number of sulfone groups is 1. The Balaban J connectivity index is 2.78. The van der Waals surface area contributed by atoms with Gasteiger partial charge in [-0.3, -0.25) is 0 Å². The zero-order valence-electron chi connectivity index (χ0n) is 7.79. The molecule has 1 rings (SSSR count). The molecule has 0 N–H and O–H groups in total. The fourth-order valence-corrected chi connectivity index (χ4v) is 3.11. The molecular weight excluding hydrogens is 191 g/mol. The van der Waals surface area contributed by atoms with Crippen LogP contribution in [0.3, 0.4) is 0 Å². The summed E-state index contributed by atoms with van der Waals surface area (Å²) >= 11 is 0. The van der Waals surface area contributed by atoms with Crippen molar-refractivity contribution in [2.75, 3.05) is 5.75 Å². The number of allylic oxidation sites excluding steroid dienone is 1. The van der Waals surface area contributed by atoms with E-state index in [0.29, 0.717) is 12.8 Å². The highest BCUT2D eigenvalue weighted by molar-refractivity contribution is 7.92. The van der Waals surface area contributed by atoms with Gasteiger partial charge in [0.05, 0.1) is 5.25 Å². The Morgan fingerprint density at radius 2 is 2.23 bits per heavy atom. The van der Waals surface area contributed by atoms with E-state index in [9.17, 15) is 12.8 Å². The first-order valence-corrected chi connectivity index (χ1v) is 6.21. The standard InChI is InChI=1S/C9H15FO2S/c1-3-13(11,12)9-5-4-7(2)6-8(9)10/h8-9H,2-6H2,1H3. The first-order valence-electron chi connectivity index (χ1n) is 4.49. The lowest BCUT2D eigenvalue weighted by atomic mass is 9.94. The Morgan fingerprint density at radius 3 is 2.69 bits per heavy atom. The highest BCUT2D eigenvalue weighted by atomic mass is 32.2. The van der Waals surface area contributed by atoms with Gasteiger partial charge in [-0.2, -0.15) is 0 Å². The van der Waals surface area contributed by atoms with Gasteiger partial charge >= 0.3 is 0 Å². The predicted molar refractivity (Wildman–Crippen MR) is 51.1 cm³/mol. The number of hydrogen-bond donors (Lipinski definition) is 0. The molecule has 2 nitrogen and oxygen atoms in total. The van der Waals surface area contributed by atoms with Crippen LogP contribution >= 0.6 is 0 Å². The molecule has 13 heavy (non-hydrogen) atoms. The van der Waals surface area contributed by atoms with Crippen LogP contribution in [-0.2, 0) is 9.84 Å². The Bertz CT molecular complexity index is 295.